The fourth-order valence-corrected chi connectivity index (χ4v) is 3.31. The van der Waals surface area contributed by atoms with Gasteiger partial charge in [0, 0.05) is 25.3 Å². The van der Waals surface area contributed by atoms with E-state index in [1.165, 1.54) is 18.4 Å². The van der Waals surface area contributed by atoms with Crippen molar-refractivity contribution in [2.24, 2.45) is 0 Å². The van der Waals surface area contributed by atoms with E-state index in [-0.39, 0.29) is 5.91 Å². The van der Waals surface area contributed by atoms with Crippen molar-refractivity contribution in [2.45, 2.75) is 45.4 Å². The third-order valence-corrected chi connectivity index (χ3v) is 4.73. The van der Waals surface area contributed by atoms with Crippen LogP contribution in [0, 0.1) is 6.92 Å². The number of hydrogen-bond donors (Lipinski definition) is 1. The maximum atomic E-state index is 12.5. The molecule has 0 bridgehead atoms. The zero-order valence-electron chi connectivity index (χ0n) is 15.6. The topological polar surface area (TPSA) is 58.1 Å². The lowest BCUT2D eigenvalue weighted by Gasteiger charge is -2.21. The quantitative estimate of drug-likeness (QED) is 0.808. The zero-order valence-corrected chi connectivity index (χ0v) is 15.6. The first-order valence-corrected chi connectivity index (χ1v) is 9.65. The van der Waals surface area contributed by atoms with Gasteiger partial charge >= 0.3 is 0 Å². The first-order chi connectivity index (χ1) is 12.7. The molecule has 0 saturated carbocycles. The van der Waals surface area contributed by atoms with Crippen LogP contribution in [-0.2, 0) is 6.42 Å². The monoisotopic (exact) mass is 352 g/mol. The van der Waals surface area contributed by atoms with E-state index in [1.54, 1.807) is 6.07 Å². The van der Waals surface area contributed by atoms with Crippen molar-refractivity contribution in [1.82, 2.24) is 15.3 Å². The summed E-state index contributed by atoms with van der Waals surface area (Å²) in [6.45, 7) is 4.52. The summed E-state index contributed by atoms with van der Waals surface area (Å²) in [5.74, 6) is 0.584. The Kier molecular flexibility index (Phi) is 6.58. The molecule has 1 amide bonds. The average molecular weight is 352 g/mol. The van der Waals surface area contributed by atoms with E-state index in [2.05, 4.69) is 32.3 Å². The van der Waals surface area contributed by atoms with Crippen LogP contribution in [0.5, 0.6) is 0 Å². The van der Waals surface area contributed by atoms with Gasteiger partial charge in [-0.3, -0.25) is 4.79 Å². The van der Waals surface area contributed by atoms with Crippen LogP contribution >= 0.6 is 0 Å². The number of aryl methyl sites for hydroxylation is 2. The summed E-state index contributed by atoms with van der Waals surface area (Å²) in [4.78, 5) is 23.8. The lowest BCUT2D eigenvalue weighted by molar-refractivity contribution is 0.0948. The number of amides is 1. The molecule has 1 fully saturated rings. The maximum absolute atomic E-state index is 12.5. The summed E-state index contributed by atoms with van der Waals surface area (Å²) in [7, 11) is 0. The van der Waals surface area contributed by atoms with E-state index < -0.39 is 0 Å². The Balaban J connectivity index is 1.56. The van der Waals surface area contributed by atoms with E-state index >= 15 is 0 Å². The number of hydrogen-bond acceptors (Lipinski definition) is 4. The van der Waals surface area contributed by atoms with Crippen LogP contribution in [0.4, 0.5) is 5.95 Å². The Morgan fingerprint density at radius 1 is 1.08 bits per heavy atom. The molecule has 0 atom stereocenters. The second kappa shape index (κ2) is 9.32. The van der Waals surface area contributed by atoms with Crippen LogP contribution in [0.2, 0.25) is 0 Å². The molecule has 1 aliphatic heterocycles. The van der Waals surface area contributed by atoms with Crippen molar-refractivity contribution in [3.8, 4) is 0 Å². The molecule has 1 N–H and O–H groups in total. The Bertz CT molecular complexity index is 709. The Labute approximate surface area is 155 Å². The number of aromatic nitrogens is 2. The number of carbonyl (C=O) groups excluding carboxylic acids is 1. The molecule has 26 heavy (non-hydrogen) atoms. The standard InChI is InChI=1S/C21H28N4O/c1-17-16-19(24-21(23-17)25-14-7-2-3-8-15-25)20(26)22-13-9-12-18-10-5-4-6-11-18/h4-6,10-11,16H,2-3,7-9,12-15H2,1H3,(H,22,26). The molecular weight excluding hydrogens is 324 g/mol. The zero-order chi connectivity index (χ0) is 18.2. The van der Waals surface area contributed by atoms with E-state index in [0.29, 0.717) is 18.2 Å². The molecule has 1 aromatic heterocycles. The van der Waals surface area contributed by atoms with Crippen molar-refractivity contribution in [3.63, 3.8) is 0 Å². The highest BCUT2D eigenvalue weighted by molar-refractivity contribution is 5.92. The first kappa shape index (κ1) is 18.4. The van der Waals surface area contributed by atoms with Crippen LogP contribution in [0.15, 0.2) is 36.4 Å². The molecule has 5 nitrogen and oxygen atoms in total. The molecule has 0 spiro atoms. The molecule has 0 aliphatic carbocycles. The van der Waals surface area contributed by atoms with E-state index in [4.69, 9.17) is 0 Å². The van der Waals surface area contributed by atoms with Crippen molar-refractivity contribution in [3.05, 3.63) is 53.3 Å². The van der Waals surface area contributed by atoms with Crippen molar-refractivity contribution < 1.29 is 4.79 Å². The minimum absolute atomic E-state index is 0.111. The summed E-state index contributed by atoms with van der Waals surface area (Å²) in [5, 5.41) is 2.99. The minimum atomic E-state index is -0.111. The van der Waals surface area contributed by atoms with Crippen LogP contribution in [0.25, 0.3) is 0 Å². The summed E-state index contributed by atoms with van der Waals surface area (Å²) < 4.78 is 0. The predicted molar refractivity (Wildman–Crippen MR) is 105 cm³/mol. The number of benzene rings is 1. The average Bonchev–Trinajstić information content (AvgIpc) is 2.95. The Morgan fingerprint density at radius 2 is 1.81 bits per heavy atom. The molecule has 5 heteroatoms. The number of carbonyl (C=O) groups is 1. The largest absolute Gasteiger partial charge is 0.351 e. The maximum Gasteiger partial charge on any atom is 0.270 e. The van der Waals surface area contributed by atoms with Gasteiger partial charge in [-0.05, 0) is 44.2 Å². The van der Waals surface area contributed by atoms with Gasteiger partial charge < -0.3 is 10.2 Å². The van der Waals surface area contributed by atoms with Gasteiger partial charge in [0.1, 0.15) is 5.69 Å². The highest BCUT2D eigenvalue weighted by Gasteiger charge is 2.16. The molecule has 1 aromatic carbocycles. The van der Waals surface area contributed by atoms with Gasteiger partial charge in [-0.2, -0.15) is 0 Å². The molecule has 2 heterocycles. The number of anilines is 1. The molecule has 138 valence electrons. The normalized spacial score (nSPS) is 14.7. The van der Waals surface area contributed by atoms with Gasteiger partial charge in [-0.1, -0.05) is 43.2 Å². The second-order valence-electron chi connectivity index (χ2n) is 6.94. The second-order valence-corrected chi connectivity index (χ2v) is 6.94. The summed E-state index contributed by atoms with van der Waals surface area (Å²) in [6.07, 6.45) is 6.73. The van der Waals surface area contributed by atoms with Gasteiger partial charge in [0.15, 0.2) is 0 Å². The van der Waals surface area contributed by atoms with Crippen molar-refractivity contribution >= 4 is 11.9 Å². The fourth-order valence-electron chi connectivity index (χ4n) is 3.31. The molecular formula is C21H28N4O. The molecule has 0 radical (unpaired) electrons. The highest BCUT2D eigenvalue weighted by Crippen LogP contribution is 2.16. The van der Waals surface area contributed by atoms with Crippen molar-refractivity contribution in [1.29, 1.82) is 0 Å². The Morgan fingerprint density at radius 3 is 2.54 bits per heavy atom. The van der Waals surface area contributed by atoms with E-state index in [0.717, 1.165) is 44.5 Å². The third-order valence-electron chi connectivity index (χ3n) is 4.73. The van der Waals surface area contributed by atoms with Gasteiger partial charge in [0.25, 0.3) is 5.91 Å². The summed E-state index contributed by atoms with van der Waals surface area (Å²) in [6, 6.07) is 12.1. The van der Waals surface area contributed by atoms with Crippen LogP contribution in [0.1, 0.15) is 53.8 Å². The smallest absolute Gasteiger partial charge is 0.270 e. The molecule has 2 aromatic rings. The van der Waals surface area contributed by atoms with Gasteiger partial charge in [0.05, 0.1) is 0 Å². The van der Waals surface area contributed by atoms with Gasteiger partial charge in [-0.15, -0.1) is 0 Å². The Hall–Kier alpha value is -2.43. The molecule has 0 unspecified atom stereocenters. The minimum Gasteiger partial charge on any atom is -0.351 e. The van der Waals surface area contributed by atoms with Gasteiger partial charge in [0.2, 0.25) is 5.95 Å². The van der Waals surface area contributed by atoms with Crippen LogP contribution < -0.4 is 10.2 Å². The number of rotatable bonds is 6. The summed E-state index contributed by atoms with van der Waals surface area (Å²) in [5.41, 5.74) is 2.60. The molecule has 3 rings (SSSR count). The molecule has 1 saturated heterocycles. The SMILES string of the molecule is Cc1cc(C(=O)NCCCc2ccccc2)nc(N2CCCCCC2)n1. The van der Waals surface area contributed by atoms with Crippen LogP contribution in [0.3, 0.4) is 0 Å². The molecule has 1 aliphatic rings. The van der Waals surface area contributed by atoms with E-state index in [9.17, 15) is 4.79 Å². The first-order valence-electron chi connectivity index (χ1n) is 9.65. The predicted octanol–water partition coefficient (Wildman–Crippen LogP) is 3.53. The van der Waals surface area contributed by atoms with E-state index in [1.807, 2.05) is 25.1 Å². The van der Waals surface area contributed by atoms with Crippen molar-refractivity contribution in [2.75, 3.05) is 24.5 Å². The number of nitrogens with one attached hydrogen (secondary N) is 1. The lowest BCUT2D eigenvalue weighted by atomic mass is 10.1. The fraction of sp³-hybridized carbons (Fsp3) is 0.476. The third kappa shape index (κ3) is 5.28. The summed E-state index contributed by atoms with van der Waals surface area (Å²) >= 11 is 0. The lowest BCUT2D eigenvalue weighted by Crippen LogP contribution is -2.29. The van der Waals surface area contributed by atoms with Crippen LogP contribution in [-0.4, -0.2) is 35.5 Å². The van der Waals surface area contributed by atoms with Gasteiger partial charge in [-0.25, -0.2) is 9.97 Å². The number of nitrogens with zero attached hydrogens (tertiary/aromatic N) is 3. The highest BCUT2D eigenvalue weighted by atomic mass is 16.1.